The van der Waals surface area contributed by atoms with Gasteiger partial charge in [-0.1, -0.05) is 84.9 Å². The van der Waals surface area contributed by atoms with Crippen LogP contribution in [0.25, 0.3) is 21.5 Å². The number of esters is 2. The lowest BCUT2D eigenvalue weighted by Crippen LogP contribution is -2.08. The summed E-state index contributed by atoms with van der Waals surface area (Å²) in [6.07, 6.45) is 4.47. The molecule has 0 heterocycles. The summed E-state index contributed by atoms with van der Waals surface area (Å²) in [6.45, 7) is 0.918. The van der Waals surface area contributed by atoms with Gasteiger partial charge < -0.3 is 9.47 Å². The average molecular weight is 575 g/mol. The molecular weight excluding hydrogens is 537 g/mol. The highest BCUT2D eigenvalue weighted by atomic mass is 32.2. The van der Waals surface area contributed by atoms with Gasteiger partial charge in [-0.05, 0) is 58.4 Å². The largest absolute Gasteiger partial charge is 0.466 e. The summed E-state index contributed by atoms with van der Waals surface area (Å²) in [4.78, 5) is 24.1. The van der Waals surface area contributed by atoms with E-state index in [-0.39, 0.29) is 11.9 Å². The molecule has 0 spiro atoms. The SMILES string of the molecule is O=C(CCSCc1cccc2ccccc12)OCCCCCCOC(=O)CCSCc1cccc2ccccc12. The summed E-state index contributed by atoms with van der Waals surface area (Å²) in [5.41, 5.74) is 2.61. The maximum Gasteiger partial charge on any atom is 0.306 e. The quantitative estimate of drug-likeness (QED) is 0.0930. The summed E-state index contributed by atoms with van der Waals surface area (Å²) in [7, 11) is 0. The van der Waals surface area contributed by atoms with Crippen molar-refractivity contribution in [1.82, 2.24) is 0 Å². The number of thioether (sulfide) groups is 2. The zero-order chi connectivity index (χ0) is 27.8. The lowest BCUT2D eigenvalue weighted by molar-refractivity contribution is -0.144. The van der Waals surface area contributed by atoms with Crippen LogP contribution in [0.1, 0.15) is 49.7 Å². The standard InChI is InChI=1S/C34H38O4S2/c35-33(19-23-39-25-29-15-9-13-27-11-3-5-17-31(27)29)37-21-7-1-2-8-22-38-34(36)20-24-40-26-30-16-10-14-28-12-4-6-18-32(28)30/h3-6,9-18H,1-2,7-8,19-26H2. The third-order valence-corrected chi connectivity index (χ3v) is 8.76. The molecule has 4 rings (SSSR count). The fraction of sp³-hybridized carbons (Fsp3) is 0.353. The molecule has 0 fully saturated rings. The molecule has 0 aliphatic carbocycles. The van der Waals surface area contributed by atoms with E-state index in [1.807, 2.05) is 0 Å². The molecule has 6 heteroatoms. The van der Waals surface area contributed by atoms with E-state index in [4.69, 9.17) is 9.47 Å². The van der Waals surface area contributed by atoms with Gasteiger partial charge >= 0.3 is 11.9 Å². The van der Waals surface area contributed by atoms with Crippen molar-refractivity contribution in [3.05, 3.63) is 96.1 Å². The van der Waals surface area contributed by atoms with Gasteiger partial charge in [0.15, 0.2) is 0 Å². The highest BCUT2D eigenvalue weighted by Crippen LogP contribution is 2.24. The minimum absolute atomic E-state index is 0.127. The van der Waals surface area contributed by atoms with Gasteiger partial charge in [-0.2, -0.15) is 23.5 Å². The Bertz CT molecular complexity index is 1250. The first-order valence-corrected chi connectivity index (χ1v) is 16.4. The van der Waals surface area contributed by atoms with E-state index in [2.05, 4.69) is 84.9 Å². The molecule has 4 aromatic carbocycles. The molecule has 0 atom stereocenters. The summed E-state index contributed by atoms with van der Waals surface area (Å²) in [6, 6.07) is 29.5. The molecule has 0 saturated heterocycles. The molecular formula is C34H38O4S2. The Kier molecular flexibility index (Phi) is 12.7. The first kappa shape index (κ1) is 30.0. The van der Waals surface area contributed by atoms with Crippen LogP contribution in [-0.2, 0) is 30.6 Å². The van der Waals surface area contributed by atoms with Gasteiger partial charge in [0.2, 0.25) is 0 Å². The van der Waals surface area contributed by atoms with Crippen molar-refractivity contribution in [2.24, 2.45) is 0 Å². The van der Waals surface area contributed by atoms with E-state index in [1.165, 1.54) is 32.7 Å². The zero-order valence-corrected chi connectivity index (χ0v) is 24.7. The van der Waals surface area contributed by atoms with Crippen molar-refractivity contribution in [2.45, 2.75) is 50.0 Å². The van der Waals surface area contributed by atoms with Gasteiger partial charge in [-0.3, -0.25) is 9.59 Å². The molecule has 4 aromatic rings. The average Bonchev–Trinajstić information content (AvgIpc) is 2.99. The van der Waals surface area contributed by atoms with Crippen molar-refractivity contribution in [1.29, 1.82) is 0 Å². The number of carbonyl (C=O) groups excluding carboxylic acids is 2. The maximum absolute atomic E-state index is 12.0. The molecule has 210 valence electrons. The lowest BCUT2D eigenvalue weighted by atomic mass is 10.1. The third-order valence-electron chi connectivity index (χ3n) is 6.74. The maximum atomic E-state index is 12.0. The van der Waals surface area contributed by atoms with E-state index in [1.54, 1.807) is 23.5 Å². The van der Waals surface area contributed by atoms with E-state index in [0.29, 0.717) is 26.1 Å². The Morgan fingerprint density at radius 2 is 0.950 bits per heavy atom. The summed E-state index contributed by atoms with van der Waals surface area (Å²) in [5, 5.41) is 5.06. The van der Waals surface area contributed by atoms with Crippen LogP contribution in [-0.4, -0.2) is 36.7 Å². The highest BCUT2D eigenvalue weighted by Gasteiger charge is 2.07. The van der Waals surface area contributed by atoms with Crippen LogP contribution in [0.3, 0.4) is 0 Å². The minimum Gasteiger partial charge on any atom is -0.466 e. The first-order chi connectivity index (χ1) is 19.7. The predicted molar refractivity (Wildman–Crippen MR) is 170 cm³/mol. The molecule has 0 amide bonds. The van der Waals surface area contributed by atoms with Gasteiger partial charge in [-0.25, -0.2) is 0 Å². The number of fused-ring (bicyclic) bond motifs is 2. The van der Waals surface area contributed by atoms with E-state index < -0.39 is 0 Å². The van der Waals surface area contributed by atoms with Crippen molar-refractivity contribution in [3.8, 4) is 0 Å². The van der Waals surface area contributed by atoms with Gasteiger partial charge in [0.05, 0.1) is 26.1 Å². The third kappa shape index (κ3) is 9.90. The van der Waals surface area contributed by atoms with Crippen molar-refractivity contribution in [2.75, 3.05) is 24.7 Å². The Morgan fingerprint density at radius 3 is 1.43 bits per heavy atom. The van der Waals surface area contributed by atoms with Crippen molar-refractivity contribution in [3.63, 3.8) is 0 Å². The molecule has 0 bridgehead atoms. The Hall–Kier alpha value is -2.96. The summed E-state index contributed by atoms with van der Waals surface area (Å²) in [5.74, 6) is 3.05. The van der Waals surface area contributed by atoms with Crippen LogP contribution in [0.2, 0.25) is 0 Å². The number of rotatable bonds is 17. The molecule has 4 nitrogen and oxygen atoms in total. The van der Waals surface area contributed by atoms with Crippen LogP contribution >= 0.6 is 23.5 Å². The fourth-order valence-electron chi connectivity index (χ4n) is 4.59. The van der Waals surface area contributed by atoms with E-state index in [9.17, 15) is 9.59 Å². The molecule has 0 aliphatic rings. The number of unbranched alkanes of at least 4 members (excludes halogenated alkanes) is 3. The number of hydrogen-bond acceptors (Lipinski definition) is 6. The van der Waals surface area contributed by atoms with Crippen LogP contribution < -0.4 is 0 Å². The van der Waals surface area contributed by atoms with E-state index >= 15 is 0 Å². The highest BCUT2D eigenvalue weighted by molar-refractivity contribution is 7.98. The predicted octanol–water partition coefficient (Wildman–Crippen LogP) is 8.59. The Balaban J connectivity index is 0.954. The second-order valence-corrected chi connectivity index (χ2v) is 11.9. The second-order valence-electron chi connectivity index (χ2n) is 9.74. The summed E-state index contributed by atoms with van der Waals surface area (Å²) < 4.78 is 10.8. The number of ether oxygens (including phenoxy) is 2. The number of carbonyl (C=O) groups is 2. The van der Waals surface area contributed by atoms with Crippen LogP contribution in [0.4, 0.5) is 0 Å². The van der Waals surface area contributed by atoms with E-state index in [0.717, 1.165) is 48.7 Å². The van der Waals surface area contributed by atoms with Gasteiger partial charge in [0.1, 0.15) is 0 Å². The van der Waals surface area contributed by atoms with Crippen molar-refractivity contribution >= 4 is 57.0 Å². The number of hydrogen-bond donors (Lipinski definition) is 0. The normalized spacial score (nSPS) is 11.1. The zero-order valence-electron chi connectivity index (χ0n) is 23.0. The molecule has 0 N–H and O–H groups in total. The van der Waals surface area contributed by atoms with Gasteiger partial charge in [0, 0.05) is 23.0 Å². The van der Waals surface area contributed by atoms with Gasteiger partial charge in [0.25, 0.3) is 0 Å². The lowest BCUT2D eigenvalue weighted by Gasteiger charge is -2.08. The molecule has 40 heavy (non-hydrogen) atoms. The fourth-order valence-corrected chi connectivity index (χ4v) is 6.44. The molecule has 0 radical (unpaired) electrons. The second kappa shape index (κ2) is 17.0. The van der Waals surface area contributed by atoms with Crippen LogP contribution in [0.15, 0.2) is 84.9 Å². The molecule has 0 aromatic heterocycles. The molecule has 0 saturated carbocycles. The van der Waals surface area contributed by atoms with Crippen molar-refractivity contribution < 1.29 is 19.1 Å². The summed E-state index contributed by atoms with van der Waals surface area (Å²) >= 11 is 3.53. The van der Waals surface area contributed by atoms with Crippen LogP contribution in [0, 0.1) is 0 Å². The number of benzene rings is 4. The molecule has 0 aliphatic heterocycles. The molecule has 0 unspecified atom stereocenters. The smallest absolute Gasteiger partial charge is 0.306 e. The van der Waals surface area contributed by atoms with Gasteiger partial charge in [-0.15, -0.1) is 0 Å². The Labute approximate surface area is 246 Å². The monoisotopic (exact) mass is 574 g/mol. The topological polar surface area (TPSA) is 52.6 Å². The minimum atomic E-state index is -0.127. The van der Waals surface area contributed by atoms with Crippen LogP contribution in [0.5, 0.6) is 0 Å². The first-order valence-electron chi connectivity index (χ1n) is 14.1. The Morgan fingerprint density at radius 1 is 0.525 bits per heavy atom.